The lowest BCUT2D eigenvalue weighted by Crippen LogP contribution is -2.54. The average molecular weight is 308 g/mol. The Bertz CT molecular complexity index is 355. The summed E-state index contributed by atoms with van der Waals surface area (Å²) >= 11 is 3.66. The summed E-state index contributed by atoms with van der Waals surface area (Å²) in [7, 11) is -4.15. The molecule has 0 aromatic rings. The van der Waals surface area contributed by atoms with Gasteiger partial charge < -0.3 is 13.3 Å². The molecule has 0 aromatic carbocycles. The maximum atomic E-state index is 11.5. The van der Waals surface area contributed by atoms with E-state index < -0.39 is 37.4 Å². The van der Waals surface area contributed by atoms with E-state index in [4.69, 9.17) is 13.3 Å². The molecule has 1 atom stereocenters. The SMILES string of the molecule is CCC(C(=O)S)[Si](OC(C)=O)(OC(C)=O)OC(C)=O. The van der Waals surface area contributed by atoms with Crippen LogP contribution in [0.5, 0.6) is 0 Å². The van der Waals surface area contributed by atoms with Gasteiger partial charge in [-0.15, -0.1) is 12.6 Å². The van der Waals surface area contributed by atoms with Crippen LogP contribution in [0, 0.1) is 0 Å². The maximum Gasteiger partial charge on any atom is 0.717 e. The van der Waals surface area contributed by atoms with Gasteiger partial charge in [0.2, 0.25) is 0 Å². The third-order valence-electron chi connectivity index (χ3n) is 1.99. The molecular weight excluding hydrogens is 292 g/mol. The third-order valence-corrected chi connectivity index (χ3v) is 5.79. The molecule has 1 unspecified atom stereocenters. The highest BCUT2D eigenvalue weighted by atomic mass is 32.1. The van der Waals surface area contributed by atoms with Crippen LogP contribution in [0.3, 0.4) is 0 Å². The van der Waals surface area contributed by atoms with Gasteiger partial charge in [0, 0.05) is 20.8 Å². The fourth-order valence-electron chi connectivity index (χ4n) is 1.45. The van der Waals surface area contributed by atoms with Gasteiger partial charge in [0.25, 0.3) is 17.9 Å². The van der Waals surface area contributed by atoms with Crippen molar-refractivity contribution in [2.75, 3.05) is 0 Å². The number of thiol groups is 1. The van der Waals surface area contributed by atoms with E-state index in [1.165, 1.54) is 0 Å². The van der Waals surface area contributed by atoms with Crippen molar-refractivity contribution in [2.45, 2.75) is 39.7 Å². The van der Waals surface area contributed by atoms with Gasteiger partial charge in [0.15, 0.2) is 5.12 Å². The van der Waals surface area contributed by atoms with Gasteiger partial charge in [0.05, 0.1) is 0 Å². The van der Waals surface area contributed by atoms with Crippen LogP contribution in [-0.4, -0.2) is 31.8 Å². The third kappa shape index (κ3) is 5.43. The molecule has 0 fully saturated rings. The van der Waals surface area contributed by atoms with Crippen LogP contribution in [0.15, 0.2) is 0 Å². The van der Waals surface area contributed by atoms with Crippen molar-refractivity contribution in [3.05, 3.63) is 0 Å². The normalized spacial score (nSPS) is 12.3. The van der Waals surface area contributed by atoms with Crippen molar-refractivity contribution in [3.63, 3.8) is 0 Å². The van der Waals surface area contributed by atoms with Gasteiger partial charge in [-0.2, -0.15) is 0 Å². The topological polar surface area (TPSA) is 96.0 Å². The van der Waals surface area contributed by atoms with Gasteiger partial charge in [-0.05, 0) is 6.42 Å². The molecule has 19 heavy (non-hydrogen) atoms. The first-order valence-electron chi connectivity index (χ1n) is 5.46. The molecule has 7 nitrogen and oxygen atoms in total. The van der Waals surface area contributed by atoms with Crippen molar-refractivity contribution in [3.8, 4) is 0 Å². The summed E-state index contributed by atoms with van der Waals surface area (Å²) in [4.78, 5) is 45.0. The van der Waals surface area contributed by atoms with Crippen LogP contribution in [0.2, 0.25) is 5.54 Å². The summed E-state index contributed by atoms with van der Waals surface area (Å²) in [6.45, 7) is 4.77. The molecule has 0 spiro atoms. The molecule has 0 bridgehead atoms. The van der Waals surface area contributed by atoms with E-state index in [0.717, 1.165) is 20.8 Å². The average Bonchev–Trinajstić information content (AvgIpc) is 2.12. The standard InChI is InChI=1S/C10H16O7SSi/c1-5-9(10(14)18)19(15-6(2)11,16-7(3)12)17-8(4)13/h9H,5H2,1-4H3,(H,14,18). The monoisotopic (exact) mass is 308 g/mol. The summed E-state index contributed by atoms with van der Waals surface area (Å²) in [6, 6.07) is 0. The molecule has 0 N–H and O–H groups in total. The Morgan fingerprint density at radius 3 is 1.42 bits per heavy atom. The van der Waals surface area contributed by atoms with Crippen LogP contribution < -0.4 is 0 Å². The van der Waals surface area contributed by atoms with E-state index in [9.17, 15) is 19.2 Å². The van der Waals surface area contributed by atoms with Crippen LogP contribution in [0.4, 0.5) is 0 Å². The number of hydrogen-bond donors (Lipinski definition) is 1. The largest absolute Gasteiger partial charge is 0.717 e. The molecule has 0 aromatic heterocycles. The minimum Gasteiger partial charge on any atom is -0.455 e. The Labute approximate surface area is 117 Å². The Morgan fingerprint density at radius 2 is 1.26 bits per heavy atom. The molecule has 0 rings (SSSR count). The summed E-state index contributed by atoms with van der Waals surface area (Å²) in [5.74, 6) is -2.45. The van der Waals surface area contributed by atoms with E-state index in [0.29, 0.717) is 0 Å². The van der Waals surface area contributed by atoms with E-state index in [1.54, 1.807) is 6.92 Å². The molecule has 0 saturated carbocycles. The van der Waals surface area contributed by atoms with Gasteiger partial charge >= 0.3 is 8.80 Å². The van der Waals surface area contributed by atoms with Crippen LogP contribution in [-0.2, 0) is 32.5 Å². The van der Waals surface area contributed by atoms with E-state index in [1.807, 2.05) is 0 Å². The second-order valence-corrected chi connectivity index (χ2v) is 6.64. The molecule has 0 heterocycles. The summed E-state index contributed by atoms with van der Waals surface area (Å²) in [6.07, 6.45) is 0.141. The zero-order valence-corrected chi connectivity index (χ0v) is 13.0. The predicted molar refractivity (Wildman–Crippen MR) is 69.1 cm³/mol. The van der Waals surface area contributed by atoms with E-state index in [2.05, 4.69) is 12.6 Å². The van der Waals surface area contributed by atoms with Gasteiger partial charge in [-0.3, -0.25) is 19.2 Å². The van der Waals surface area contributed by atoms with Crippen LogP contribution in [0.1, 0.15) is 34.1 Å². The van der Waals surface area contributed by atoms with Crippen molar-refractivity contribution in [1.82, 2.24) is 0 Å². The lowest BCUT2D eigenvalue weighted by atomic mass is 10.4. The zero-order chi connectivity index (χ0) is 15.2. The Balaban J connectivity index is 5.68. The first kappa shape index (κ1) is 17.6. The zero-order valence-electron chi connectivity index (χ0n) is 11.1. The van der Waals surface area contributed by atoms with Crippen molar-refractivity contribution < 1.29 is 32.5 Å². The minimum absolute atomic E-state index is 0.141. The first-order valence-corrected chi connectivity index (χ1v) is 7.71. The van der Waals surface area contributed by atoms with Crippen LogP contribution >= 0.6 is 12.6 Å². The van der Waals surface area contributed by atoms with E-state index in [-0.39, 0.29) is 6.42 Å². The Hall–Kier alpha value is -1.35. The number of carbonyl (C=O) groups is 4. The Morgan fingerprint density at radius 1 is 0.947 bits per heavy atom. The smallest absolute Gasteiger partial charge is 0.455 e. The number of rotatable bonds is 6. The number of carbonyl (C=O) groups excluding carboxylic acids is 4. The molecule has 0 aliphatic carbocycles. The highest BCUT2D eigenvalue weighted by Gasteiger charge is 2.61. The molecule has 0 radical (unpaired) electrons. The van der Waals surface area contributed by atoms with Gasteiger partial charge in [-0.25, -0.2) is 0 Å². The first-order chi connectivity index (χ1) is 8.64. The minimum atomic E-state index is -4.15. The van der Waals surface area contributed by atoms with Crippen molar-refractivity contribution >= 4 is 44.5 Å². The summed E-state index contributed by atoms with van der Waals surface area (Å²) in [5, 5.41) is -0.682. The lowest BCUT2D eigenvalue weighted by molar-refractivity contribution is -0.148. The van der Waals surface area contributed by atoms with E-state index >= 15 is 0 Å². The van der Waals surface area contributed by atoms with Gasteiger partial charge in [0.1, 0.15) is 5.54 Å². The molecule has 0 aliphatic heterocycles. The highest BCUT2D eigenvalue weighted by molar-refractivity contribution is 7.97. The lowest BCUT2D eigenvalue weighted by Gasteiger charge is -2.30. The molecule has 0 amide bonds. The van der Waals surface area contributed by atoms with Crippen molar-refractivity contribution in [1.29, 1.82) is 0 Å². The predicted octanol–water partition coefficient (Wildman–Crippen LogP) is 0.851. The second kappa shape index (κ2) is 7.29. The van der Waals surface area contributed by atoms with Crippen molar-refractivity contribution in [2.24, 2.45) is 0 Å². The number of hydrogen-bond acceptors (Lipinski definition) is 7. The second-order valence-electron chi connectivity index (χ2n) is 3.68. The molecule has 9 heteroatoms. The summed E-state index contributed by atoms with van der Waals surface area (Å²) in [5.41, 5.74) is -1.09. The maximum absolute atomic E-state index is 11.5. The Kier molecular flexibility index (Phi) is 6.77. The molecule has 108 valence electrons. The fraction of sp³-hybridized carbons (Fsp3) is 0.600. The van der Waals surface area contributed by atoms with Gasteiger partial charge in [-0.1, -0.05) is 6.92 Å². The molecule has 0 aliphatic rings. The molecule has 0 saturated heterocycles. The van der Waals surface area contributed by atoms with Crippen LogP contribution in [0.25, 0.3) is 0 Å². The quantitative estimate of drug-likeness (QED) is 0.574. The molecular formula is C10H16O7SSi. The highest BCUT2D eigenvalue weighted by Crippen LogP contribution is 2.31. The fourth-order valence-corrected chi connectivity index (χ4v) is 4.67. The summed E-state index contributed by atoms with van der Waals surface area (Å²) < 4.78 is 14.8.